The van der Waals surface area contributed by atoms with Crippen LogP contribution >= 0.6 is 0 Å². The summed E-state index contributed by atoms with van der Waals surface area (Å²) in [7, 11) is 0. The molecule has 0 spiro atoms. The van der Waals surface area contributed by atoms with Crippen molar-refractivity contribution in [2.45, 2.75) is 90.5 Å². The Labute approximate surface area is 161 Å². The van der Waals surface area contributed by atoms with Gasteiger partial charge in [-0.25, -0.2) is 9.59 Å². The molecule has 7 nitrogen and oxygen atoms in total. The Morgan fingerprint density at radius 2 is 2.04 bits per heavy atom. The summed E-state index contributed by atoms with van der Waals surface area (Å²) in [6.07, 6.45) is 5.34. The number of rotatable bonds is 10. The van der Waals surface area contributed by atoms with E-state index in [1.54, 1.807) is 32.9 Å². The molecule has 0 bridgehead atoms. The molecule has 1 fully saturated rings. The van der Waals surface area contributed by atoms with Gasteiger partial charge in [0, 0.05) is 18.1 Å². The Kier molecular flexibility index (Phi) is 10.3. The average Bonchev–Trinajstić information content (AvgIpc) is 2.61. The van der Waals surface area contributed by atoms with Gasteiger partial charge in [0.15, 0.2) is 6.29 Å². The zero-order valence-corrected chi connectivity index (χ0v) is 16.6. The van der Waals surface area contributed by atoms with E-state index in [-0.39, 0.29) is 18.6 Å². The maximum absolute atomic E-state index is 11.9. The topological polar surface area (TPSA) is 102 Å². The third-order valence-corrected chi connectivity index (χ3v) is 4.53. The highest BCUT2D eigenvalue weighted by atomic mass is 16.7. The number of hydrogen-bond donors (Lipinski definition) is 2. The van der Waals surface area contributed by atoms with Gasteiger partial charge in [-0.15, -0.1) is 0 Å². The molecule has 1 aliphatic heterocycles. The first-order valence-electron chi connectivity index (χ1n) is 9.47. The van der Waals surface area contributed by atoms with Gasteiger partial charge in [-0.3, -0.25) is 0 Å². The number of aliphatic hydroxyl groups is 1. The largest absolute Gasteiger partial charge is 0.478 e. The van der Waals surface area contributed by atoms with Crippen LogP contribution < -0.4 is 0 Å². The summed E-state index contributed by atoms with van der Waals surface area (Å²) >= 11 is 0. The molecule has 1 rings (SSSR count). The highest BCUT2D eigenvalue weighted by Gasteiger charge is 2.38. The predicted octanol–water partition coefficient (Wildman–Crippen LogP) is 2.97. The minimum absolute atomic E-state index is 0.107. The van der Waals surface area contributed by atoms with Crippen molar-refractivity contribution < 1.29 is 34.0 Å². The summed E-state index contributed by atoms with van der Waals surface area (Å²) in [6, 6.07) is 0. The Hall–Kier alpha value is -1.70. The van der Waals surface area contributed by atoms with Gasteiger partial charge in [-0.05, 0) is 47.0 Å². The number of aliphatic carboxylic acids is 1. The molecule has 2 unspecified atom stereocenters. The summed E-state index contributed by atoms with van der Waals surface area (Å²) in [5, 5.41) is 18.8. The van der Waals surface area contributed by atoms with E-state index < -0.39 is 30.4 Å². The Balaban J connectivity index is 2.36. The van der Waals surface area contributed by atoms with Gasteiger partial charge in [0.2, 0.25) is 0 Å². The number of esters is 1. The molecule has 1 aliphatic rings. The van der Waals surface area contributed by atoms with E-state index in [0.717, 1.165) is 25.3 Å². The first kappa shape index (κ1) is 23.3. The molecule has 0 aromatic rings. The fourth-order valence-corrected chi connectivity index (χ4v) is 2.72. The molecule has 1 saturated heterocycles. The number of hydrogen-bond acceptors (Lipinski definition) is 6. The maximum Gasteiger partial charge on any atom is 0.333 e. The van der Waals surface area contributed by atoms with Gasteiger partial charge in [-0.2, -0.15) is 0 Å². The van der Waals surface area contributed by atoms with Crippen molar-refractivity contribution in [3.05, 3.63) is 23.8 Å². The van der Waals surface area contributed by atoms with Crippen LogP contribution in [-0.2, 0) is 23.8 Å². The zero-order chi connectivity index (χ0) is 20.4. The van der Waals surface area contributed by atoms with Crippen molar-refractivity contribution in [2.75, 3.05) is 0 Å². The van der Waals surface area contributed by atoms with Crippen LogP contribution in [0.4, 0.5) is 0 Å². The van der Waals surface area contributed by atoms with Crippen LogP contribution in [0.2, 0.25) is 0 Å². The van der Waals surface area contributed by atoms with Gasteiger partial charge in [0.25, 0.3) is 0 Å². The summed E-state index contributed by atoms with van der Waals surface area (Å²) in [6.45, 7) is 7.15. The van der Waals surface area contributed by atoms with Crippen LogP contribution in [0.1, 0.15) is 59.8 Å². The molecule has 2 N–H and O–H groups in total. The SMILES string of the molecule is C/C=C(\C)C(=O)O[C@@H]1CC(O)[C@H](O[C@@H](C)CCCC/C=C/C(=O)O)OC1C. The number of allylic oxidation sites excluding steroid dienone is 2. The second-order valence-corrected chi connectivity index (χ2v) is 6.90. The minimum Gasteiger partial charge on any atom is -0.478 e. The highest BCUT2D eigenvalue weighted by molar-refractivity contribution is 5.87. The molecule has 0 saturated carbocycles. The van der Waals surface area contributed by atoms with E-state index in [1.807, 2.05) is 6.92 Å². The quantitative estimate of drug-likeness (QED) is 0.339. The number of unbranched alkanes of at least 4 members (excludes halogenated alkanes) is 2. The Bertz CT molecular complexity index is 540. The molecule has 0 aromatic carbocycles. The van der Waals surface area contributed by atoms with Crippen molar-refractivity contribution in [1.29, 1.82) is 0 Å². The summed E-state index contributed by atoms with van der Waals surface area (Å²) < 4.78 is 16.9. The van der Waals surface area contributed by atoms with Gasteiger partial charge in [0.05, 0.1) is 12.2 Å². The monoisotopic (exact) mass is 384 g/mol. The van der Waals surface area contributed by atoms with Crippen LogP contribution in [0.3, 0.4) is 0 Å². The molecule has 27 heavy (non-hydrogen) atoms. The molecule has 0 radical (unpaired) electrons. The van der Waals surface area contributed by atoms with Crippen molar-refractivity contribution in [3.8, 4) is 0 Å². The van der Waals surface area contributed by atoms with E-state index in [1.165, 1.54) is 0 Å². The summed E-state index contributed by atoms with van der Waals surface area (Å²) in [4.78, 5) is 22.3. The lowest BCUT2D eigenvalue weighted by Crippen LogP contribution is -2.49. The van der Waals surface area contributed by atoms with E-state index in [2.05, 4.69) is 0 Å². The first-order valence-corrected chi connectivity index (χ1v) is 9.47. The number of carboxylic acids is 1. The van der Waals surface area contributed by atoms with E-state index in [0.29, 0.717) is 12.0 Å². The molecular formula is C20H32O7. The second-order valence-electron chi connectivity index (χ2n) is 6.90. The standard InChI is InChI=1S/C20H32O7/c1-5-13(2)19(24)27-17-12-16(21)20(26-15(17)4)25-14(3)10-8-6-7-9-11-18(22)23/h5,9,11,14-17,20-21H,6-8,10,12H2,1-4H3,(H,22,23)/b11-9+,13-5+/t14-,15?,16?,17+,20+/m0/s1. The first-order chi connectivity index (χ1) is 12.7. The molecule has 154 valence electrons. The average molecular weight is 384 g/mol. The fourth-order valence-electron chi connectivity index (χ4n) is 2.72. The molecular weight excluding hydrogens is 352 g/mol. The van der Waals surface area contributed by atoms with Crippen molar-refractivity contribution >= 4 is 11.9 Å². The van der Waals surface area contributed by atoms with Gasteiger partial charge in [0.1, 0.15) is 12.2 Å². The lowest BCUT2D eigenvalue weighted by molar-refractivity contribution is -0.275. The van der Waals surface area contributed by atoms with E-state index >= 15 is 0 Å². The Morgan fingerprint density at radius 3 is 2.67 bits per heavy atom. The number of carbonyl (C=O) groups is 2. The van der Waals surface area contributed by atoms with Crippen LogP contribution in [0, 0.1) is 0 Å². The number of ether oxygens (including phenoxy) is 3. The molecule has 1 heterocycles. The summed E-state index contributed by atoms with van der Waals surface area (Å²) in [5.41, 5.74) is 0.516. The van der Waals surface area contributed by atoms with Crippen molar-refractivity contribution in [3.63, 3.8) is 0 Å². The minimum atomic E-state index is -0.936. The third-order valence-electron chi connectivity index (χ3n) is 4.53. The number of carbonyl (C=O) groups excluding carboxylic acids is 1. The maximum atomic E-state index is 11.9. The van der Waals surface area contributed by atoms with Crippen LogP contribution in [0.25, 0.3) is 0 Å². The van der Waals surface area contributed by atoms with Gasteiger partial charge < -0.3 is 24.4 Å². The molecule has 7 heteroatoms. The Morgan fingerprint density at radius 1 is 1.33 bits per heavy atom. The number of aliphatic hydroxyl groups excluding tert-OH is 1. The second kappa shape index (κ2) is 11.9. The number of carboxylic acid groups (broad SMARTS) is 1. The fraction of sp³-hybridized carbons (Fsp3) is 0.700. The van der Waals surface area contributed by atoms with Crippen molar-refractivity contribution in [1.82, 2.24) is 0 Å². The van der Waals surface area contributed by atoms with Crippen LogP contribution in [0.5, 0.6) is 0 Å². The highest BCUT2D eigenvalue weighted by Crippen LogP contribution is 2.25. The van der Waals surface area contributed by atoms with E-state index in [9.17, 15) is 14.7 Å². The smallest absolute Gasteiger partial charge is 0.333 e. The van der Waals surface area contributed by atoms with Gasteiger partial charge in [-0.1, -0.05) is 18.6 Å². The van der Waals surface area contributed by atoms with Crippen molar-refractivity contribution in [2.24, 2.45) is 0 Å². The normalized spacial score (nSPS) is 27.5. The predicted molar refractivity (Wildman–Crippen MR) is 100 cm³/mol. The van der Waals surface area contributed by atoms with E-state index in [4.69, 9.17) is 19.3 Å². The lowest BCUT2D eigenvalue weighted by Gasteiger charge is -2.38. The van der Waals surface area contributed by atoms with Gasteiger partial charge >= 0.3 is 11.9 Å². The molecule has 0 aliphatic carbocycles. The summed E-state index contributed by atoms with van der Waals surface area (Å²) in [5.74, 6) is -1.34. The third kappa shape index (κ3) is 8.69. The van der Waals surface area contributed by atoms with Crippen LogP contribution in [-0.4, -0.2) is 52.9 Å². The molecule has 0 amide bonds. The molecule has 0 aromatic heterocycles. The zero-order valence-electron chi connectivity index (χ0n) is 16.6. The molecule has 5 atom stereocenters. The lowest BCUT2D eigenvalue weighted by atomic mass is 10.0. The van der Waals surface area contributed by atoms with Crippen LogP contribution in [0.15, 0.2) is 23.8 Å².